The van der Waals surface area contributed by atoms with Gasteiger partial charge >= 0.3 is 0 Å². The molecule has 7 aromatic rings. The van der Waals surface area contributed by atoms with Gasteiger partial charge in [-0.05, 0) is 165 Å². The molecule has 2 heteroatoms. The quantitative estimate of drug-likeness (QED) is 0.166. The fraction of sp³-hybridized carbons (Fsp3) is 0.164. The average Bonchev–Trinajstić information content (AvgIpc) is 3.74. The van der Waals surface area contributed by atoms with Crippen LogP contribution in [0.3, 0.4) is 0 Å². The summed E-state index contributed by atoms with van der Waals surface area (Å²) in [4.78, 5) is 5.09. The molecule has 0 amide bonds. The largest absolute Gasteiger partial charge is 0.342 e. The summed E-state index contributed by atoms with van der Waals surface area (Å²) in [6.07, 6.45) is 16.5. The molecular formula is C55H44N2. The molecule has 2 heterocycles. The Morgan fingerprint density at radius 1 is 0.474 bits per heavy atom. The average molecular weight is 733 g/mol. The minimum Gasteiger partial charge on any atom is -0.342 e. The third-order valence-electron chi connectivity index (χ3n) is 13.5. The van der Waals surface area contributed by atoms with Crippen LogP contribution in [0.25, 0.3) is 45.2 Å². The van der Waals surface area contributed by atoms with Gasteiger partial charge in [-0.3, -0.25) is 0 Å². The van der Waals surface area contributed by atoms with Crippen LogP contribution in [0.15, 0.2) is 169 Å². The Kier molecular flexibility index (Phi) is 7.39. The normalized spacial score (nSPS) is 17.1. The van der Waals surface area contributed by atoms with Crippen LogP contribution in [0.5, 0.6) is 0 Å². The van der Waals surface area contributed by atoms with Gasteiger partial charge in [-0.2, -0.15) is 0 Å². The Morgan fingerprint density at radius 2 is 1.09 bits per heavy atom. The Hall–Kier alpha value is -6.38. The van der Waals surface area contributed by atoms with E-state index in [-0.39, 0.29) is 5.41 Å². The van der Waals surface area contributed by atoms with E-state index >= 15 is 0 Å². The van der Waals surface area contributed by atoms with Crippen LogP contribution < -0.4 is 9.80 Å². The van der Waals surface area contributed by atoms with Crippen LogP contribution in [-0.2, 0) is 11.8 Å². The molecule has 0 aromatic heterocycles. The van der Waals surface area contributed by atoms with Crippen molar-refractivity contribution in [3.8, 4) is 22.3 Å². The molecule has 0 radical (unpaired) electrons. The van der Waals surface area contributed by atoms with Crippen molar-refractivity contribution in [1.82, 2.24) is 0 Å². The van der Waals surface area contributed by atoms with E-state index in [1.54, 1.807) is 5.57 Å². The third-order valence-corrected chi connectivity index (χ3v) is 13.5. The zero-order chi connectivity index (χ0) is 37.5. The van der Waals surface area contributed by atoms with Gasteiger partial charge in [0.2, 0.25) is 0 Å². The van der Waals surface area contributed by atoms with Crippen molar-refractivity contribution in [2.75, 3.05) is 22.9 Å². The number of allylic oxidation sites excluding steroid dienone is 3. The van der Waals surface area contributed by atoms with Crippen molar-refractivity contribution < 1.29 is 0 Å². The van der Waals surface area contributed by atoms with Gasteiger partial charge in [0.15, 0.2) is 0 Å². The zero-order valence-corrected chi connectivity index (χ0v) is 32.2. The van der Waals surface area contributed by atoms with Crippen LogP contribution in [0.2, 0.25) is 0 Å². The van der Waals surface area contributed by atoms with Crippen LogP contribution in [0.1, 0.15) is 71.0 Å². The van der Waals surface area contributed by atoms with Gasteiger partial charge in [0.05, 0.1) is 5.41 Å². The Bertz CT molecular complexity index is 2840. The highest BCUT2D eigenvalue weighted by atomic mass is 15.1. The smallest absolute Gasteiger partial charge is 0.0726 e. The lowest BCUT2D eigenvalue weighted by Crippen LogP contribution is -2.30. The topological polar surface area (TPSA) is 6.48 Å². The second kappa shape index (κ2) is 12.8. The predicted octanol–water partition coefficient (Wildman–Crippen LogP) is 13.6. The van der Waals surface area contributed by atoms with E-state index in [4.69, 9.17) is 0 Å². The second-order valence-corrected chi connectivity index (χ2v) is 16.6. The Labute approximate surface area is 335 Å². The molecule has 0 unspecified atom stereocenters. The number of rotatable bonds is 4. The van der Waals surface area contributed by atoms with Gasteiger partial charge in [-0.15, -0.1) is 0 Å². The molecule has 0 fully saturated rings. The van der Waals surface area contributed by atoms with E-state index in [2.05, 4.69) is 180 Å². The number of aryl methyl sites for hydroxylation is 1. The van der Waals surface area contributed by atoms with Gasteiger partial charge in [-0.1, -0.05) is 121 Å². The van der Waals surface area contributed by atoms with Crippen molar-refractivity contribution in [2.45, 2.75) is 43.9 Å². The zero-order valence-electron chi connectivity index (χ0n) is 32.2. The van der Waals surface area contributed by atoms with Gasteiger partial charge in [0.1, 0.15) is 0 Å². The molecule has 12 rings (SSSR count). The van der Waals surface area contributed by atoms with Crippen LogP contribution in [0, 0.1) is 0 Å². The van der Waals surface area contributed by atoms with Gasteiger partial charge in [0, 0.05) is 35.8 Å². The summed E-state index contributed by atoms with van der Waals surface area (Å²) in [5.41, 5.74) is 21.4. The highest BCUT2D eigenvalue weighted by molar-refractivity contribution is 5.97. The first-order valence-corrected chi connectivity index (χ1v) is 21.0. The number of nitrogens with zero attached hydrogens (tertiary/aromatic N) is 2. The maximum atomic E-state index is 2.60. The standard InChI is InChI=1S/C55H44N2/c1-7-19-53-39(11-1)13-9-31-56(53)43-27-26-41-33-37(23-25-42(41)35-43)21-22-38-24-29-47-48-30-28-44(57-32-10-14-40-12-2-8-20-54(40)57)36-52(48)55(51(47)34-38)49-17-5-3-15-45(49)46-16-4-6-18-50(46)55/h1,3-8,11,15-30,33-36H,2,9-10,12-14,31-32H2/b22-21+. The monoisotopic (exact) mass is 732 g/mol. The number of hydrogen-bond acceptors (Lipinski definition) is 2. The second-order valence-electron chi connectivity index (χ2n) is 16.6. The van der Waals surface area contributed by atoms with Crippen molar-refractivity contribution in [1.29, 1.82) is 0 Å². The molecule has 0 atom stereocenters. The minimum absolute atomic E-state index is 0.386. The maximum Gasteiger partial charge on any atom is 0.0726 e. The number of anilines is 3. The Balaban J connectivity index is 0.945. The first-order chi connectivity index (χ1) is 28.2. The maximum absolute atomic E-state index is 2.60. The highest BCUT2D eigenvalue weighted by Gasteiger charge is 2.51. The summed E-state index contributed by atoms with van der Waals surface area (Å²) in [6.45, 7) is 2.12. The molecule has 7 aromatic carbocycles. The lowest BCUT2D eigenvalue weighted by molar-refractivity contribution is 0.689. The van der Waals surface area contributed by atoms with Crippen LogP contribution in [-0.4, -0.2) is 13.1 Å². The molecule has 1 spiro atoms. The van der Waals surface area contributed by atoms with Gasteiger partial charge < -0.3 is 9.80 Å². The number of hydrogen-bond donors (Lipinski definition) is 0. The minimum atomic E-state index is -0.386. The fourth-order valence-electron chi connectivity index (χ4n) is 11.0. The number of para-hydroxylation sites is 1. The summed E-state index contributed by atoms with van der Waals surface area (Å²) in [5, 5.41) is 2.55. The van der Waals surface area contributed by atoms with Crippen LogP contribution in [0.4, 0.5) is 17.1 Å². The van der Waals surface area contributed by atoms with E-state index in [1.807, 2.05) is 0 Å². The summed E-state index contributed by atoms with van der Waals surface area (Å²) >= 11 is 0. The molecular weight excluding hydrogens is 689 g/mol. The van der Waals surface area contributed by atoms with Crippen LogP contribution >= 0.6 is 0 Å². The molecule has 57 heavy (non-hydrogen) atoms. The fourth-order valence-corrected chi connectivity index (χ4v) is 11.0. The van der Waals surface area contributed by atoms with Crippen molar-refractivity contribution in [3.63, 3.8) is 0 Å². The summed E-state index contributed by atoms with van der Waals surface area (Å²) in [7, 11) is 0. The van der Waals surface area contributed by atoms with Gasteiger partial charge in [-0.25, -0.2) is 0 Å². The van der Waals surface area contributed by atoms with E-state index in [9.17, 15) is 0 Å². The first kappa shape index (κ1) is 32.8. The third kappa shape index (κ3) is 4.96. The summed E-state index contributed by atoms with van der Waals surface area (Å²) in [5.74, 6) is 0. The molecule has 2 nitrogen and oxygen atoms in total. The van der Waals surface area contributed by atoms with E-state index in [0.717, 1.165) is 25.9 Å². The molecule has 2 aliphatic heterocycles. The van der Waals surface area contributed by atoms with Crippen molar-refractivity contribution >= 4 is 40.0 Å². The molecule has 0 saturated carbocycles. The predicted molar refractivity (Wildman–Crippen MR) is 239 cm³/mol. The molecule has 0 bridgehead atoms. The van der Waals surface area contributed by atoms with Gasteiger partial charge in [0.25, 0.3) is 0 Å². The Morgan fingerprint density at radius 3 is 1.95 bits per heavy atom. The highest BCUT2D eigenvalue weighted by Crippen LogP contribution is 2.63. The van der Waals surface area contributed by atoms with Crippen molar-refractivity contribution in [2.24, 2.45) is 0 Å². The lowest BCUT2D eigenvalue weighted by atomic mass is 9.70. The van der Waals surface area contributed by atoms with E-state index in [0.29, 0.717) is 0 Å². The SMILES string of the molecule is C1=CC2=C(CC1)CCCN2c1ccc2c(c1)C1(c3ccccc3-c3ccccc31)c1cc(/C=C/c3ccc4cc(N5CCCc6ccccc65)ccc4c3)ccc1-2. The molecule has 0 saturated heterocycles. The lowest BCUT2D eigenvalue weighted by Gasteiger charge is -2.36. The number of benzene rings is 7. The molecule has 0 N–H and O–H groups in total. The summed E-state index contributed by atoms with van der Waals surface area (Å²) in [6, 6.07) is 55.6. The first-order valence-electron chi connectivity index (χ1n) is 21.0. The number of fused-ring (bicyclic) bond motifs is 12. The van der Waals surface area contributed by atoms with Crippen molar-refractivity contribution in [3.05, 3.63) is 208 Å². The van der Waals surface area contributed by atoms with E-state index < -0.39 is 0 Å². The molecule has 5 aliphatic rings. The molecule has 3 aliphatic carbocycles. The summed E-state index contributed by atoms with van der Waals surface area (Å²) < 4.78 is 0. The molecule has 274 valence electrons. The van der Waals surface area contributed by atoms with E-state index in [1.165, 1.54) is 120 Å².